The van der Waals surface area contributed by atoms with Gasteiger partial charge in [-0.25, -0.2) is 4.68 Å². The number of hydrogen-bond donors (Lipinski definition) is 1. The van der Waals surface area contributed by atoms with Crippen molar-refractivity contribution in [1.29, 1.82) is 0 Å². The second-order valence-electron chi connectivity index (χ2n) is 5.85. The Balaban J connectivity index is 0.00000243. The molecule has 1 amide bonds. The van der Waals surface area contributed by atoms with Gasteiger partial charge in [-0.1, -0.05) is 12.1 Å². The van der Waals surface area contributed by atoms with Gasteiger partial charge in [-0.2, -0.15) is 5.10 Å². The molecule has 1 unspecified atom stereocenters. The molecule has 3 rings (SSSR count). The van der Waals surface area contributed by atoms with Gasteiger partial charge in [-0.05, 0) is 31.0 Å². The number of nitrogens with one attached hydrogen (secondary N) is 1. The van der Waals surface area contributed by atoms with E-state index in [4.69, 9.17) is 9.47 Å². The summed E-state index contributed by atoms with van der Waals surface area (Å²) >= 11 is 0. The summed E-state index contributed by atoms with van der Waals surface area (Å²) in [6.07, 6.45) is 2.03. The monoisotopic (exact) mass is 378 g/mol. The summed E-state index contributed by atoms with van der Waals surface area (Å²) in [5, 5.41) is 7.10. The minimum atomic E-state index is -0.328. The van der Waals surface area contributed by atoms with E-state index < -0.39 is 0 Å². The molecule has 0 aliphatic carbocycles. The molecule has 1 fully saturated rings. The van der Waals surface area contributed by atoms with Crippen LogP contribution in [-0.2, 0) is 16.1 Å². The number of para-hydroxylation sites is 1. The van der Waals surface area contributed by atoms with Gasteiger partial charge >= 0.3 is 0 Å². The molecular formula is C18H21ClN3O4-. The number of methoxy groups -OCH3 is 1. The zero-order valence-corrected chi connectivity index (χ0v) is 15.2. The number of carbonyl (C=O) groups is 1. The number of hydrogen-bond acceptors (Lipinski definition) is 5. The highest BCUT2D eigenvalue weighted by Gasteiger charge is 2.17. The van der Waals surface area contributed by atoms with Crippen LogP contribution in [0.5, 0.6) is 5.75 Å². The molecule has 7 nitrogen and oxygen atoms in total. The van der Waals surface area contributed by atoms with E-state index in [1.54, 1.807) is 13.2 Å². The van der Waals surface area contributed by atoms with E-state index in [0.717, 1.165) is 29.7 Å². The van der Waals surface area contributed by atoms with Gasteiger partial charge in [0.2, 0.25) is 5.91 Å². The topological polar surface area (TPSA) is 82.5 Å². The number of rotatable bonds is 6. The van der Waals surface area contributed by atoms with E-state index in [2.05, 4.69) is 10.4 Å². The summed E-state index contributed by atoms with van der Waals surface area (Å²) in [6.45, 7) is 1.07. The molecule has 140 valence electrons. The molecule has 1 saturated heterocycles. The lowest BCUT2D eigenvalue weighted by atomic mass is 10.1. The van der Waals surface area contributed by atoms with Crippen molar-refractivity contribution in [2.75, 3.05) is 20.3 Å². The van der Waals surface area contributed by atoms with Crippen LogP contribution in [-0.4, -0.2) is 42.1 Å². The maximum atomic E-state index is 12.1. The third kappa shape index (κ3) is 4.83. The maximum Gasteiger partial charge on any atom is 0.267 e. The Labute approximate surface area is 157 Å². The minimum Gasteiger partial charge on any atom is -1.00 e. The molecule has 1 aromatic heterocycles. The maximum absolute atomic E-state index is 12.1. The normalized spacial score (nSPS) is 16.0. The summed E-state index contributed by atoms with van der Waals surface area (Å²) in [5.41, 5.74) is 1.01. The summed E-state index contributed by atoms with van der Waals surface area (Å²) in [7, 11) is 1.58. The summed E-state index contributed by atoms with van der Waals surface area (Å²) < 4.78 is 12.0. The van der Waals surface area contributed by atoms with Crippen LogP contribution in [0, 0.1) is 0 Å². The van der Waals surface area contributed by atoms with E-state index >= 15 is 0 Å². The number of carbonyl (C=O) groups excluding carboxylic acids is 1. The van der Waals surface area contributed by atoms with Crippen LogP contribution in [0.4, 0.5) is 0 Å². The van der Waals surface area contributed by atoms with Crippen molar-refractivity contribution in [3.63, 3.8) is 0 Å². The molecule has 26 heavy (non-hydrogen) atoms. The van der Waals surface area contributed by atoms with Crippen molar-refractivity contribution in [1.82, 2.24) is 15.1 Å². The molecule has 0 spiro atoms. The number of nitrogens with zero attached hydrogens (tertiary/aromatic N) is 2. The fourth-order valence-corrected chi connectivity index (χ4v) is 2.79. The molecule has 1 atom stereocenters. The molecule has 0 saturated carbocycles. The zero-order chi connectivity index (χ0) is 17.6. The molecule has 1 aliphatic heterocycles. The fraction of sp³-hybridized carbons (Fsp3) is 0.389. The van der Waals surface area contributed by atoms with Crippen LogP contribution >= 0.6 is 0 Å². The van der Waals surface area contributed by atoms with E-state index in [-0.39, 0.29) is 36.5 Å². The quantitative estimate of drug-likeness (QED) is 0.642. The van der Waals surface area contributed by atoms with Gasteiger partial charge in [0.25, 0.3) is 5.56 Å². The molecular weight excluding hydrogens is 358 g/mol. The Bertz CT molecular complexity index is 803. The number of ether oxygens (including phenoxy) is 2. The van der Waals surface area contributed by atoms with Gasteiger partial charge in [0, 0.05) is 24.8 Å². The van der Waals surface area contributed by atoms with E-state index in [1.807, 2.05) is 24.3 Å². The Morgan fingerprint density at radius 2 is 2.15 bits per heavy atom. The summed E-state index contributed by atoms with van der Waals surface area (Å²) in [4.78, 5) is 24.1. The first-order valence-electron chi connectivity index (χ1n) is 8.27. The zero-order valence-electron chi connectivity index (χ0n) is 14.5. The largest absolute Gasteiger partial charge is 1.00 e. The van der Waals surface area contributed by atoms with Crippen LogP contribution in [0.3, 0.4) is 0 Å². The molecule has 1 N–H and O–H groups in total. The van der Waals surface area contributed by atoms with Crippen LogP contribution in [0.15, 0.2) is 41.2 Å². The van der Waals surface area contributed by atoms with Crippen molar-refractivity contribution in [2.24, 2.45) is 0 Å². The van der Waals surface area contributed by atoms with E-state index in [0.29, 0.717) is 18.0 Å². The van der Waals surface area contributed by atoms with Gasteiger partial charge in [-0.15, -0.1) is 0 Å². The van der Waals surface area contributed by atoms with E-state index in [9.17, 15) is 9.59 Å². The average Bonchev–Trinajstić information content (AvgIpc) is 3.15. The molecule has 8 heteroatoms. The predicted octanol–water partition coefficient (Wildman–Crippen LogP) is -1.78. The summed E-state index contributed by atoms with van der Waals surface area (Å²) in [6, 6.07) is 10.4. The minimum absolute atomic E-state index is 0. The highest BCUT2D eigenvalue weighted by molar-refractivity contribution is 5.75. The molecule has 0 radical (unpaired) electrons. The first-order valence-corrected chi connectivity index (χ1v) is 8.27. The van der Waals surface area contributed by atoms with Crippen molar-refractivity contribution in [3.05, 3.63) is 46.8 Å². The van der Waals surface area contributed by atoms with Crippen molar-refractivity contribution in [3.8, 4) is 17.0 Å². The van der Waals surface area contributed by atoms with E-state index in [1.165, 1.54) is 6.07 Å². The SMILES string of the molecule is COc1ccccc1-c1ccc(=O)n(CC(=O)NCC2CCCO2)n1.[Cl-]. The standard InChI is InChI=1S/C18H21N3O4.ClH/c1-24-16-7-3-2-6-14(16)15-8-9-18(23)21(20-15)12-17(22)19-11-13-5-4-10-25-13;/h2-3,6-9,13H,4-5,10-12H2,1H3,(H,19,22);1H/p-1. The number of halogens is 1. The predicted molar refractivity (Wildman–Crippen MR) is 92.5 cm³/mol. The van der Waals surface area contributed by atoms with Gasteiger partial charge in [0.1, 0.15) is 12.3 Å². The van der Waals surface area contributed by atoms with Crippen LogP contribution in [0.1, 0.15) is 12.8 Å². The average molecular weight is 379 g/mol. The second kappa shape index (κ2) is 9.35. The van der Waals surface area contributed by atoms with Crippen molar-refractivity contribution < 1.29 is 26.7 Å². The third-order valence-corrected chi connectivity index (χ3v) is 4.09. The Morgan fingerprint density at radius 1 is 1.35 bits per heavy atom. The fourth-order valence-electron chi connectivity index (χ4n) is 2.79. The highest BCUT2D eigenvalue weighted by Crippen LogP contribution is 2.27. The number of amides is 1. The smallest absolute Gasteiger partial charge is 0.267 e. The molecule has 2 aromatic rings. The lowest BCUT2D eigenvalue weighted by molar-refractivity contribution is -0.122. The molecule has 0 bridgehead atoms. The van der Waals surface area contributed by atoms with Crippen molar-refractivity contribution in [2.45, 2.75) is 25.5 Å². The molecule has 2 heterocycles. The van der Waals surface area contributed by atoms with Crippen molar-refractivity contribution >= 4 is 5.91 Å². The number of benzene rings is 1. The summed E-state index contributed by atoms with van der Waals surface area (Å²) in [5.74, 6) is 0.394. The lowest BCUT2D eigenvalue weighted by Gasteiger charge is -2.12. The first kappa shape index (κ1) is 19.9. The van der Waals surface area contributed by atoms with Crippen LogP contribution in [0.2, 0.25) is 0 Å². The third-order valence-electron chi connectivity index (χ3n) is 4.09. The van der Waals surface area contributed by atoms with Gasteiger partial charge in [0.05, 0.1) is 18.9 Å². The molecule has 1 aromatic carbocycles. The Kier molecular flexibility index (Phi) is 7.17. The van der Waals surface area contributed by atoms with Crippen LogP contribution < -0.4 is 28.0 Å². The van der Waals surface area contributed by atoms with Crippen LogP contribution in [0.25, 0.3) is 11.3 Å². The molecule has 1 aliphatic rings. The Morgan fingerprint density at radius 3 is 2.88 bits per heavy atom. The number of aromatic nitrogens is 2. The Hall–Kier alpha value is -2.38. The highest BCUT2D eigenvalue weighted by atomic mass is 35.5. The van der Waals surface area contributed by atoms with Gasteiger partial charge in [-0.3, -0.25) is 9.59 Å². The van der Waals surface area contributed by atoms with Gasteiger partial charge < -0.3 is 27.2 Å². The first-order chi connectivity index (χ1) is 12.2. The lowest BCUT2D eigenvalue weighted by Crippen LogP contribution is -3.00. The van der Waals surface area contributed by atoms with Gasteiger partial charge in [0.15, 0.2) is 0 Å². The second-order valence-corrected chi connectivity index (χ2v) is 5.85.